The SMILES string of the molecule is O=C([O-])Nc1ccc(S(=O)(=O)Nc2ccc3c(c2)B(O)OC3)cc1. The van der Waals surface area contributed by atoms with Gasteiger partial charge < -0.3 is 24.9 Å². The molecule has 0 spiro atoms. The molecular formula is C14H12BN2O6S-. The van der Waals surface area contributed by atoms with Crippen molar-refractivity contribution in [1.82, 2.24) is 0 Å². The number of nitrogens with one attached hydrogen (secondary N) is 2. The zero-order chi connectivity index (χ0) is 17.3. The van der Waals surface area contributed by atoms with Crippen LogP contribution in [0, 0.1) is 0 Å². The number of anilines is 2. The molecule has 124 valence electrons. The number of carbonyl (C=O) groups is 1. The lowest BCUT2D eigenvalue weighted by molar-refractivity contribution is -0.242. The van der Waals surface area contributed by atoms with Gasteiger partial charge in [-0.05, 0) is 47.4 Å². The molecule has 0 bridgehead atoms. The summed E-state index contributed by atoms with van der Waals surface area (Å²) >= 11 is 0. The summed E-state index contributed by atoms with van der Waals surface area (Å²) in [5, 5.41) is 22.1. The van der Waals surface area contributed by atoms with Gasteiger partial charge in [0.1, 0.15) is 6.09 Å². The molecule has 0 atom stereocenters. The maximum atomic E-state index is 12.4. The molecule has 8 nitrogen and oxygen atoms in total. The summed E-state index contributed by atoms with van der Waals surface area (Å²) in [6, 6.07) is 9.91. The quantitative estimate of drug-likeness (QED) is 0.638. The molecule has 0 aromatic heterocycles. The van der Waals surface area contributed by atoms with E-state index in [0.717, 1.165) is 5.56 Å². The Hall–Kier alpha value is -2.56. The Morgan fingerprint density at radius 1 is 1.17 bits per heavy atom. The van der Waals surface area contributed by atoms with Crippen LogP contribution in [0.1, 0.15) is 5.56 Å². The molecule has 2 aromatic carbocycles. The maximum Gasteiger partial charge on any atom is 0.491 e. The fourth-order valence-electron chi connectivity index (χ4n) is 2.33. The van der Waals surface area contributed by atoms with E-state index in [-0.39, 0.29) is 22.9 Å². The number of carbonyl (C=O) groups excluding carboxylic acids is 1. The van der Waals surface area contributed by atoms with E-state index in [9.17, 15) is 23.3 Å². The smallest absolute Gasteiger partial charge is 0.491 e. The number of hydrogen-bond acceptors (Lipinski definition) is 6. The molecule has 24 heavy (non-hydrogen) atoms. The average Bonchev–Trinajstić information content (AvgIpc) is 2.88. The maximum absolute atomic E-state index is 12.4. The third-order valence-corrected chi connectivity index (χ3v) is 4.87. The molecule has 1 amide bonds. The van der Waals surface area contributed by atoms with Crippen molar-refractivity contribution in [1.29, 1.82) is 0 Å². The number of sulfonamides is 1. The molecule has 0 radical (unpaired) electrons. The van der Waals surface area contributed by atoms with Crippen LogP contribution in [-0.2, 0) is 21.3 Å². The van der Waals surface area contributed by atoms with Gasteiger partial charge in [-0.2, -0.15) is 0 Å². The first-order chi connectivity index (χ1) is 11.3. The van der Waals surface area contributed by atoms with Crippen LogP contribution in [0.4, 0.5) is 16.2 Å². The number of amides is 1. The Bertz CT molecular complexity index is 885. The molecule has 0 aliphatic carbocycles. The minimum atomic E-state index is -3.86. The van der Waals surface area contributed by atoms with Gasteiger partial charge in [0.05, 0.1) is 11.5 Å². The van der Waals surface area contributed by atoms with Crippen molar-refractivity contribution in [2.24, 2.45) is 0 Å². The Kier molecular flexibility index (Phi) is 4.18. The van der Waals surface area contributed by atoms with Crippen LogP contribution in [0.15, 0.2) is 47.4 Å². The van der Waals surface area contributed by atoms with E-state index in [1.807, 2.05) is 5.32 Å². The lowest BCUT2D eigenvalue weighted by atomic mass is 9.79. The second-order valence-electron chi connectivity index (χ2n) is 5.12. The second-order valence-corrected chi connectivity index (χ2v) is 6.80. The highest BCUT2D eigenvalue weighted by molar-refractivity contribution is 7.92. The predicted octanol–water partition coefficient (Wildman–Crippen LogP) is -0.540. The Balaban J connectivity index is 1.81. The van der Waals surface area contributed by atoms with Crippen molar-refractivity contribution in [2.45, 2.75) is 11.5 Å². The Labute approximate surface area is 138 Å². The van der Waals surface area contributed by atoms with E-state index in [1.165, 1.54) is 30.3 Å². The Morgan fingerprint density at radius 2 is 1.83 bits per heavy atom. The van der Waals surface area contributed by atoms with Crippen LogP contribution in [0.25, 0.3) is 0 Å². The van der Waals surface area contributed by atoms with Crippen LogP contribution in [-0.4, -0.2) is 26.7 Å². The molecule has 0 saturated heterocycles. The molecule has 2 aromatic rings. The minimum Gasteiger partial charge on any atom is -0.530 e. The summed E-state index contributed by atoms with van der Waals surface area (Å²) in [6.45, 7) is 0.274. The summed E-state index contributed by atoms with van der Waals surface area (Å²) in [5.41, 5.74) is 1.80. The number of fused-ring (bicyclic) bond motifs is 1. The van der Waals surface area contributed by atoms with Crippen LogP contribution in [0.5, 0.6) is 0 Å². The fraction of sp³-hybridized carbons (Fsp3) is 0.0714. The molecule has 0 unspecified atom stereocenters. The normalized spacial score (nSPS) is 13.5. The van der Waals surface area contributed by atoms with Crippen molar-refractivity contribution < 1.29 is 28.0 Å². The van der Waals surface area contributed by atoms with Gasteiger partial charge in [0.25, 0.3) is 10.0 Å². The first-order valence-electron chi connectivity index (χ1n) is 6.88. The van der Waals surface area contributed by atoms with Crippen LogP contribution >= 0.6 is 0 Å². The highest BCUT2D eigenvalue weighted by Gasteiger charge is 2.27. The molecule has 1 heterocycles. The van der Waals surface area contributed by atoms with Gasteiger partial charge in [0.15, 0.2) is 0 Å². The van der Waals surface area contributed by atoms with Gasteiger partial charge in [0.2, 0.25) is 0 Å². The zero-order valence-corrected chi connectivity index (χ0v) is 13.0. The van der Waals surface area contributed by atoms with E-state index in [1.54, 1.807) is 12.1 Å². The van der Waals surface area contributed by atoms with E-state index >= 15 is 0 Å². The van der Waals surface area contributed by atoms with Gasteiger partial charge in [0, 0.05) is 11.4 Å². The minimum absolute atomic E-state index is 0.0382. The van der Waals surface area contributed by atoms with Crippen molar-refractivity contribution in [3.8, 4) is 0 Å². The summed E-state index contributed by atoms with van der Waals surface area (Å²) in [5.74, 6) is 0. The van der Waals surface area contributed by atoms with E-state index in [2.05, 4.69) is 4.72 Å². The molecule has 3 rings (SSSR count). The largest absolute Gasteiger partial charge is 0.530 e. The van der Waals surface area contributed by atoms with Crippen LogP contribution < -0.4 is 20.6 Å². The number of rotatable bonds is 4. The lowest BCUT2D eigenvalue weighted by Gasteiger charge is -2.11. The van der Waals surface area contributed by atoms with Crippen LogP contribution in [0.3, 0.4) is 0 Å². The molecule has 0 fully saturated rings. The second kappa shape index (κ2) is 6.15. The average molecular weight is 347 g/mol. The first kappa shape index (κ1) is 16.3. The lowest BCUT2D eigenvalue weighted by Crippen LogP contribution is -2.28. The van der Waals surface area contributed by atoms with Crippen molar-refractivity contribution >= 4 is 40.1 Å². The molecular weight excluding hydrogens is 335 g/mol. The highest BCUT2D eigenvalue weighted by atomic mass is 32.2. The Morgan fingerprint density at radius 3 is 2.50 bits per heavy atom. The summed E-state index contributed by atoms with van der Waals surface area (Å²) in [7, 11) is -4.93. The van der Waals surface area contributed by atoms with Crippen molar-refractivity contribution in [2.75, 3.05) is 10.0 Å². The standard InChI is InChI=1S/C14H13BN2O6S/c18-14(19)16-10-3-5-12(6-4-10)24(21,22)17-11-2-1-9-8-23-15(20)13(9)7-11/h1-7,16-17,20H,8H2,(H,18,19)/p-1. The molecule has 3 N–H and O–H groups in total. The number of benzene rings is 2. The van der Waals surface area contributed by atoms with Gasteiger partial charge in [-0.15, -0.1) is 0 Å². The molecule has 1 aliphatic heterocycles. The van der Waals surface area contributed by atoms with Gasteiger partial charge >= 0.3 is 7.12 Å². The van der Waals surface area contributed by atoms with E-state index in [0.29, 0.717) is 5.46 Å². The van der Waals surface area contributed by atoms with Gasteiger partial charge in [-0.25, -0.2) is 8.42 Å². The third-order valence-electron chi connectivity index (χ3n) is 3.47. The zero-order valence-electron chi connectivity index (χ0n) is 12.2. The molecule has 10 heteroatoms. The van der Waals surface area contributed by atoms with Gasteiger partial charge in [-0.3, -0.25) is 4.72 Å². The van der Waals surface area contributed by atoms with Crippen LogP contribution in [0.2, 0.25) is 0 Å². The predicted molar refractivity (Wildman–Crippen MR) is 85.1 cm³/mol. The monoisotopic (exact) mass is 347 g/mol. The van der Waals surface area contributed by atoms with E-state index < -0.39 is 23.2 Å². The first-order valence-corrected chi connectivity index (χ1v) is 8.37. The van der Waals surface area contributed by atoms with Gasteiger partial charge in [-0.1, -0.05) is 6.07 Å². The van der Waals surface area contributed by atoms with E-state index in [4.69, 9.17) is 4.65 Å². The fourth-order valence-corrected chi connectivity index (χ4v) is 3.38. The highest BCUT2D eigenvalue weighted by Crippen LogP contribution is 2.20. The summed E-state index contributed by atoms with van der Waals surface area (Å²) in [6.07, 6.45) is -1.48. The summed E-state index contributed by atoms with van der Waals surface area (Å²) in [4.78, 5) is 10.4. The van der Waals surface area contributed by atoms with Crippen molar-refractivity contribution in [3.05, 3.63) is 48.0 Å². The topological polar surface area (TPSA) is 128 Å². The number of hydrogen-bond donors (Lipinski definition) is 3. The molecule has 1 aliphatic rings. The molecule has 0 saturated carbocycles. The third kappa shape index (κ3) is 3.35. The van der Waals surface area contributed by atoms with Crippen molar-refractivity contribution in [3.63, 3.8) is 0 Å². The number of carboxylic acid groups (broad SMARTS) is 1. The summed E-state index contributed by atoms with van der Waals surface area (Å²) < 4.78 is 32.2.